The minimum atomic E-state index is -2.04. The molecule has 168 valence electrons. The number of nitrogens with zero attached hydrogens (tertiary/aromatic N) is 4. The van der Waals surface area contributed by atoms with Crippen molar-refractivity contribution in [1.29, 1.82) is 5.26 Å². The second kappa shape index (κ2) is 8.76. The summed E-state index contributed by atoms with van der Waals surface area (Å²) in [6.45, 7) is 6.21. The Morgan fingerprint density at radius 1 is 1.38 bits per heavy atom. The molecule has 3 N–H and O–H groups in total. The van der Waals surface area contributed by atoms with Gasteiger partial charge in [0.1, 0.15) is 44.6 Å². The first-order valence-electron chi connectivity index (χ1n) is 10.1. The number of aromatic nitrogens is 3. The summed E-state index contributed by atoms with van der Waals surface area (Å²) >= 11 is 0. The van der Waals surface area contributed by atoms with E-state index < -0.39 is 47.7 Å². The molecule has 3 rings (SSSR count). The number of fused-ring (bicyclic) bond motifs is 1. The van der Waals surface area contributed by atoms with Crippen molar-refractivity contribution in [3.63, 3.8) is 0 Å². The zero-order valence-electron chi connectivity index (χ0n) is 18.2. The van der Waals surface area contributed by atoms with E-state index in [1.165, 1.54) is 10.6 Å². The maximum atomic E-state index is 12.3. The van der Waals surface area contributed by atoms with Gasteiger partial charge in [-0.15, -0.1) is 0 Å². The van der Waals surface area contributed by atoms with Gasteiger partial charge in [0, 0.05) is 0 Å². The van der Waals surface area contributed by atoms with Gasteiger partial charge in [-0.2, -0.15) is 10.4 Å². The molecule has 0 aliphatic carbocycles. The van der Waals surface area contributed by atoms with Crippen LogP contribution < -0.4 is 11.2 Å². The van der Waals surface area contributed by atoms with Crippen LogP contribution in [-0.4, -0.2) is 64.4 Å². The highest BCUT2D eigenvalue weighted by Gasteiger charge is 2.60. The van der Waals surface area contributed by atoms with E-state index in [-0.39, 0.29) is 29.1 Å². The van der Waals surface area contributed by atoms with E-state index in [0.717, 1.165) is 6.33 Å². The van der Waals surface area contributed by atoms with Crippen LogP contribution >= 0.6 is 0 Å². The normalized spacial score (nSPS) is 25.2. The van der Waals surface area contributed by atoms with Gasteiger partial charge in [0.2, 0.25) is 5.60 Å². The van der Waals surface area contributed by atoms with Crippen LogP contribution in [0.2, 0.25) is 0 Å². The number of aliphatic hydroxyl groups excluding tert-OH is 1. The first-order valence-corrected chi connectivity index (χ1v) is 10.1. The lowest BCUT2D eigenvalue weighted by atomic mass is 9.90. The van der Waals surface area contributed by atoms with Gasteiger partial charge in [0.15, 0.2) is 11.9 Å². The van der Waals surface area contributed by atoms with Crippen LogP contribution in [0.15, 0.2) is 12.4 Å². The third kappa shape index (κ3) is 3.89. The summed E-state index contributed by atoms with van der Waals surface area (Å²) in [6, 6.07) is 3.35. The molecule has 0 bridgehead atoms. The van der Waals surface area contributed by atoms with Gasteiger partial charge in [-0.05, 0) is 6.07 Å². The molecule has 1 saturated heterocycles. The maximum absolute atomic E-state index is 12.3. The zero-order valence-corrected chi connectivity index (χ0v) is 18.2. The quantitative estimate of drug-likeness (QED) is 0.435. The van der Waals surface area contributed by atoms with Gasteiger partial charge in [-0.1, -0.05) is 33.2 Å². The Hall–Kier alpha value is -3.17. The molecule has 0 unspecified atom stereocenters. The van der Waals surface area contributed by atoms with Crippen molar-refractivity contribution in [2.45, 2.75) is 51.6 Å². The average molecular weight is 441 g/mol. The summed E-state index contributed by atoms with van der Waals surface area (Å²) < 4.78 is 17.9. The predicted octanol–water partition coefficient (Wildman–Crippen LogP) is -0.649. The topological polar surface area (TPSA) is 162 Å². The fraction of sp³-hybridized carbons (Fsp3) is 0.550. The van der Waals surface area contributed by atoms with Crippen LogP contribution in [-0.2, 0) is 29.4 Å². The molecular weight excluding hydrogens is 417 g/mol. The molecule has 32 heavy (non-hydrogen) atoms. The van der Waals surface area contributed by atoms with Crippen LogP contribution in [0.4, 0.5) is 5.82 Å². The molecule has 2 aromatic rings. The number of nitrogen functional groups attached to an aromatic ring is 1. The third-order valence-corrected chi connectivity index (χ3v) is 5.18. The first kappa shape index (κ1) is 23.5. The average Bonchev–Trinajstić information content (AvgIpc) is 3.22. The standard InChI is InChI=1S/C20H24BN5O6/c1-9(2)18(28)30-6-12-15(31-19(29)10(3)4)16(27)20(7-22,32-12)13-5-11(21)14-17(23)24-8-25-26(13)14/h5,8-10,12,15-16,27H,6H2,1-4H3,(H2,23,24,25)/t12-,15-,16-,20+/m1/s1. The fourth-order valence-corrected chi connectivity index (χ4v) is 3.40. The summed E-state index contributed by atoms with van der Waals surface area (Å²) in [7, 11) is 6.04. The number of aliphatic hydroxyl groups is 1. The number of esters is 2. The summed E-state index contributed by atoms with van der Waals surface area (Å²) in [5, 5.41) is 25.4. The second-order valence-corrected chi connectivity index (χ2v) is 8.18. The molecule has 4 atom stereocenters. The van der Waals surface area contributed by atoms with Crippen molar-refractivity contribution < 1.29 is 28.9 Å². The van der Waals surface area contributed by atoms with Gasteiger partial charge >= 0.3 is 11.9 Å². The van der Waals surface area contributed by atoms with Crippen molar-refractivity contribution in [2.24, 2.45) is 11.8 Å². The van der Waals surface area contributed by atoms with Crippen LogP contribution in [0, 0.1) is 23.2 Å². The van der Waals surface area contributed by atoms with Crippen LogP contribution in [0.5, 0.6) is 0 Å². The lowest BCUT2D eigenvalue weighted by Gasteiger charge is -2.25. The van der Waals surface area contributed by atoms with Crippen molar-refractivity contribution in [2.75, 3.05) is 12.3 Å². The van der Waals surface area contributed by atoms with Crippen LogP contribution in [0.3, 0.4) is 0 Å². The molecule has 12 heteroatoms. The molecule has 1 aliphatic heterocycles. The van der Waals surface area contributed by atoms with Gasteiger partial charge < -0.3 is 25.1 Å². The number of ether oxygens (including phenoxy) is 3. The van der Waals surface area contributed by atoms with Gasteiger partial charge in [-0.3, -0.25) is 9.59 Å². The molecule has 2 radical (unpaired) electrons. The molecule has 0 saturated carbocycles. The Labute approximate surface area is 185 Å². The number of carbonyl (C=O) groups is 2. The number of anilines is 1. The minimum Gasteiger partial charge on any atom is -0.463 e. The van der Waals surface area contributed by atoms with Crippen LogP contribution in [0.25, 0.3) is 5.52 Å². The van der Waals surface area contributed by atoms with Gasteiger partial charge in [-0.25, -0.2) is 9.50 Å². The van der Waals surface area contributed by atoms with Gasteiger partial charge in [0.25, 0.3) is 0 Å². The van der Waals surface area contributed by atoms with E-state index >= 15 is 0 Å². The summed E-state index contributed by atoms with van der Waals surface area (Å²) in [5.41, 5.74) is 4.31. The van der Waals surface area contributed by atoms with E-state index in [1.807, 2.05) is 6.07 Å². The van der Waals surface area contributed by atoms with Crippen molar-refractivity contribution in [1.82, 2.24) is 14.6 Å². The lowest BCUT2D eigenvalue weighted by molar-refractivity contribution is -0.164. The zero-order chi connectivity index (χ0) is 23.8. The van der Waals surface area contributed by atoms with Crippen LogP contribution in [0.1, 0.15) is 33.4 Å². The van der Waals surface area contributed by atoms with E-state index in [9.17, 15) is 20.0 Å². The Bertz CT molecular complexity index is 1080. The molecular formula is C20H24BN5O6. The monoisotopic (exact) mass is 441 g/mol. The number of hydrogen-bond acceptors (Lipinski definition) is 10. The minimum absolute atomic E-state index is 0.0644. The maximum Gasteiger partial charge on any atom is 0.308 e. The molecule has 2 aromatic heterocycles. The molecule has 1 fully saturated rings. The summed E-state index contributed by atoms with van der Waals surface area (Å²) in [4.78, 5) is 28.1. The smallest absolute Gasteiger partial charge is 0.308 e. The first-order chi connectivity index (χ1) is 15.0. The van der Waals surface area contributed by atoms with E-state index in [2.05, 4.69) is 10.1 Å². The largest absolute Gasteiger partial charge is 0.463 e. The SMILES string of the molecule is [B]c1cc([C@]2(C#N)O[C@H](COC(=O)C(C)C)[C@@H](OC(=O)C(C)C)[C@H]2O)n2ncnc(N)c12. The number of carbonyl (C=O) groups excluding carboxylic acids is 2. The number of nitriles is 1. The van der Waals surface area contributed by atoms with Crippen molar-refractivity contribution in [3.05, 3.63) is 18.1 Å². The Kier molecular flexibility index (Phi) is 6.43. The highest BCUT2D eigenvalue weighted by molar-refractivity contribution is 6.37. The third-order valence-electron chi connectivity index (χ3n) is 5.18. The van der Waals surface area contributed by atoms with E-state index in [1.54, 1.807) is 27.7 Å². The molecule has 11 nitrogen and oxygen atoms in total. The number of hydrogen-bond donors (Lipinski definition) is 2. The Morgan fingerprint density at radius 2 is 2.03 bits per heavy atom. The number of rotatable bonds is 6. The Balaban J connectivity index is 2.06. The highest BCUT2D eigenvalue weighted by Crippen LogP contribution is 2.41. The Morgan fingerprint density at radius 3 is 2.62 bits per heavy atom. The molecule has 0 amide bonds. The van der Waals surface area contributed by atoms with Crippen molar-refractivity contribution >= 4 is 36.6 Å². The number of nitrogens with two attached hydrogens (primary N) is 1. The van der Waals surface area contributed by atoms with E-state index in [0.29, 0.717) is 0 Å². The van der Waals surface area contributed by atoms with Crippen molar-refractivity contribution in [3.8, 4) is 6.07 Å². The lowest BCUT2D eigenvalue weighted by Crippen LogP contribution is -2.43. The fourth-order valence-electron chi connectivity index (χ4n) is 3.40. The molecule has 0 aromatic carbocycles. The molecule has 0 spiro atoms. The highest BCUT2D eigenvalue weighted by atomic mass is 16.6. The molecule has 3 heterocycles. The summed E-state index contributed by atoms with van der Waals surface area (Å²) in [5.74, 6) is -1.97. The molecule has 1 aliphatic rings. The second-order valence-electron chi connectivity index (χ2n) is 8.18. The van der Waals surface area contributed by atoms with E-state index in [4.69, 9.17) is 27.8 Å². The van der Waals surface area contributed by atoms with Gasteiger partial charge in [0.05, 0.1) is 17.5 Å². The summed E-state index contributed by atoms with van der Waals surface area (Å²) in [6.07, 6.45) is -2.90. The predicted molar refractivity (Wildman–Crippen MR) is 111 cm³/mol.